The predicted molar refractivity (Wildman–Crippen MR) is 169 cm³/mol. The Labute approximate surface area is 262 Å². The number of nitrogens with two attached hydrogens (primary N) is 2. The molecule has 11 heteroatoms. The number of nitrogens with one attached hydrogen (secondary N) is 1. The molecule has 0 aliphatic carbocycles. The monoisotopic (exact) mass is 613 g/mol. The predicted octanol–water partition coefficient (Wildman–Crippen LogP) is 2.44. The fourth-order valence-electron chi connectivity index (χ4n) is 6.14. The summed E-state index contributed by atoms with van der Waals surface area (Å²) >= 11 is 0. The standard InChI is InChI=1S/C34H40FN7O3/c35-27-15-13-26(14-16-27)21-41-22-29(28(32(41)44)17-18-38-34(36)37)31(43)39-42-23-40(19-7-12-24-8-3-1-4-9-24)30(33(42)45)20-25-10-5-2-6-11-25/h1-6,8-11,13-16,28-30H,7,12,17-23H2,(H,39,43)(H4,36,37,38)/t28-,29-,30+/m1/s1. The first-order chi connectivity index (χ1) is 21.8. The fraction of sp³-hybridized carbons (Fsp3) is 0.353. The highest BCUT2D eigenvalue weighted by atomic mass is 19.1. The number of halogens is 1. The second-order valence-electron chi connectivity index (χ2n) is 11.6. The summed E-state index contributed by atoms with van der Waals surface area (Å²) in [6, 6.07) is 25.5. The van der Waals surface area contributed by atoms with Crippen LogP contribution in [0.4, 0.5) is 4.39 Å². The zero-order chi connectivity index (χ0) is 31.8. The normalized spacial score (nSPS) is 20.1. The van der Waals surface area contributed by atoms with Gasteiger partial charge in [-0.2, -0.15) is 0 Å². The average molecular weight is 614 g/mol. The molecule has 2 aliphatic rings. The van der Waals surface area contributed by atoms with Crippen molar-refractivity contribution in [2.24, 2.45) is 28.3 Å². The molecular weight excluding hydrogens is 573 g/mol. The molecular formula is C34H40FN7O3. The number of aryl methyl sites for hydroxylation is 1. The summed E-state index contributed by atoms with van der Waals surface area (Å²) in [4.78, 5) is 48.7. The second kappa shape index (κ2) is 14.8. The molecule has 0 aromatic heterocycles. The quantitative estimate of drug-likeness (QED) is 0.200. The van der Waals surface area contributed by atoms with Crippen molar-refractivity contribution in [3.05, 3.63) is 107 Å². The Kier molecular flexibility index (Phi) is 10.4. The molecule has 3 aromatic rings. The highest BCUT2D eigenvalue weighted by molar-refractivity contribution is 5.93. The number of likely N-dealkylation sites (tertiary alicyclic amines) is 1. The summed E-state index contributed by atoms with van der Waals surface area (Å²) in [5, 5.41) is 1.39. The topological polar surface area (TPSA) is 137 Å². The van der Waals surface area contributed by atoms with E-state index in [1.54, 1.807) is 17.0 Å². The number of hydrogen-bond donors (Lipinski definition) is 3. The summed E-state index contributed by atoms with van der Waals surface area (Å²) in [5.74, 6) is -2.65. The van der Waals surface area contributed by atoms with E-state index in [4.69, 9.17) is 11.5 Å². The van der Waals surface area contributed by atoms with E-state index in [0.29, 0.717) is 13.0 Å². The van der Waals surface area contributed by atoms with E-state index in [-0.39, 0.29) is 56.3 Å². The van der Waals surface area contributed by atoms with Gasteiger partial charge in [0.2, 0.25) is 11.8 Å². The fourth-order valence-corrected chi connectivity index (χ4v) is 6.14. The highest BCUT2D eigenvalue weighted by Gasteiger charge is 2.46. The van der Waals surface area contributed by atoms with Crippen molar-refractivity contribution < 1.29 is 18.8 Å². The maximum absolute atomic E-state index is 13.8. The number of amides is 3. The Morgan fingerprint density at radius 2 is 1.56 bits per heavy atom. The summed E-state index contributed by atoms with van der Waals surface area (Å²) < 4.78 is 13.5. The first kappa shape index (κ1) is 31.6. The average Bonchev–Trinajstić information content (AvgIpc) is 3.50. The van der Waals surface area contributed by atoms with Gasteiger partial charge in [-0.3, -0.25) is 29.7 Å². The van der Waals surface area contributed by atoms with E-state index in [1.165, 1.54) is 22.7 Å². The van der Waals surface area contributed by atoms with Crippen molar-refractivity contribution >= 4 is 23.7 Å². The van der Waals surface area contributed by atoms with Gasteiger partial charge in [0.15, 0.2) is 5.96 Å². The number of rotatable bonds is 13. The number of guanidine groups is 1. The summed E-state index contributed by atoms with van der Waals surface area (Å²) in [6.07, 6.45) is 2.52. The van der Waals surface area contributed by atoms with E-state index in [9.17, 15) is 18.8 Å². The number of aliphatic imine (C=N–C) groups is 1. The lowest BCUT2D eigenvalue weighted by atomic mass is 9.92. The molecule has 2 fully saturated rings. The van der Waals surface area contributed by atoms with Crippen LogP contribution in [-0.4, -0.2) is 70.8 Å². The molecule has 5 rings (SSSR count). The number of benzene rings is 3. The van der Waals surface area contributed by atoms with E-state index in [1.807, 2.05) is 48.5 Å². The van der Waals surface area contributed by atoms with Crippen LogP contribution in [0.15, 0.2) is 89.9 Å². The van der Waals surface area contributed by atoms with Gasteiger partial charge in [0.1, 0.15) is 5.82 Å². The first-order valence-electron chi connectivity index (χ1n) is 15.3. The van der Waals surface area contributed by atoms with E-state index in [0.717, 1.165) is 24.0 Å². The Morgan fingerprint density at radius 3 is 2.22 bits per heavy atom. The number of hydrazine groups is 1. The maximum Gasteiger partial charge on any atom is 0.259 e. The van der Waals surface area contributed by atoms with Crippen molar-refractivity contribution in [1.82, 2.24) is 20.2 Å². The summed E-state index contributed by atoms with van der Waals surface area (Å²) in [6.45, 7) is 1.50. The molecule has 45 heavy (non-hydrogen) atoms. The van der Waals surface area contributed by atoms with Gasteiger partial charge in [0.25, 0.3) is 5.91 Å². The molecule has 0 unspecified atom stereocenters. The van der Waals surface area contributed by atoms with Crippen LogP contribution in [-0.2, 0) is 33.8 Å². The largest absolute Gasteiger partial charge is 0.370 e. The lowest BCUT2D eigenvalue weighted by molar-refractivity contribution is -0.141. The first-order valence-corrected chi connectivity index (χ1v) is 15.3. The lowest BCUT2D eigenvalue weighted by Gasteiger charge is -2.22. The van der Waals surface area contributed by atoms with Gasteiger partial charge in [-0.15, -0.1) is 0 Å². The van der Waals surface area contributed by atoms with Crippen molar-refractivity contribution in [3.8, 4) is 0 Å². The van der Waals surface area contributed by atoms with Crippen LogP contribution in [0.2, 0.25) is 0 Å². The Morgan fingerprint density at radius 1 is 0.889 bits per heavy atom. The third kappa shape index (κ3) is 8.24. The van der Waals surface area contributed by atoms with Crippen LogP contribution in [0.3, 0.4) is 0 Å². The van der Waals surface area contributed by atoms with Crippen LogP contribution in [0.25, 0.3) is 0 Å². The van der Waals surface area contributed by atoms with Crippen LogP contribution in [0.5, 0.6) is 0 Å². The molecule has 0 saturated carbocycles. The molecule has 10 nitrogen and oxygen atoms in total. The van der Waals surface area contributed by atoms with E-state index in [2.05, 4.69) is 27.5 Å². The minimum absolute atomic E-state index is 0.0934. The Bertz CT molecular complexity index is 1480. The Hall–Kier alpha value is -4.77. The number of carbonyl (C=O) groups excluding carboxylic acids is 3. The van der Waals surface area contributed by atoms with Crippen molar-refractivity contribution in [2.45, 2.75) is 38.3 Å². The summed E-state index contributed by atoms with van der Waals surface area (Å²) in [5.41, 5.74) is 16.9. The maximum atomic E-state index is 13.8. The van der Waals surface area contributed by atoms with Crippen LogP contribution in [0.1, 0.15) is 29.5 Å². The minimum Gasteiger partial charge on any atom is -0.370 e. The number of nitrogens with zero attached hydrogens (tertiary/aromatic N) is 4. The molecule has 0 bridgehead atoms. The third-order valence-electron chi connectivity index (χ3n) is 8.48. The van der Waals surface area contributed by atoms with Crippen molar-refractivity contribution in [1.29, 1.82) is 0 Å². The van der Waals surface area contributed by atoms with Gasteiger partial charge >= 0.3 is 0 Å². The van der Waals surface area contributed by atoms with Crippen molar-refractivity contribution in [3.63, 3.8) is 0 Å². The zero-order valence-corrected chi connectivity index (χ0v) is 25.2. The van der Waals surface area contributed by atoms with Gasteiger partial charge < -0.3 is 16.4 Å². The molecule has 236 valence electrons. The smallest absolute Gasteiger partial charge is 0.259 e. The van der Waals surface area contributed by atoms with E-state index < -0.39 is 23.8 Å². The van der Waals surface area contributed by atoms with Crippen molar-refractivity contribution in [2.75, 3.05) is 26.3 Å². The molecule has 0 spiro atoms. The highest BCUT2D eigenvalue weighted by Crippen LogP contribution is 2.30. The van der Waals surface area contributed by atoms with Gasteiger partial charge in [-0.05, 0) is 54.5 Å². The van der Waals surface area contributed by atoms with Crippen LogP contribution >= 0.6 is 0 Å². The Balaban J connectivity index is 1.29. The molecule has 2 aliphatic heterocycles. The molecule has 3 aromatic carbocycles. The third-order valence-corrected chi connectivity index (χ3v) is 8.48. The molecule has 2 saturated heterocycles. The van der Waals surface area contributed by atoms with Gasteiger partial charge in [0, 0.05) is 26.2 Å². The van der Waals surface area contributed by atoms with Gasteiger partial charge in [-0.25, -0.2) is 9.40 Å². The lowest BCUT2D eigenvalue weighted by Crippen LogP contribution is -2.48. The van der Waals surface area contributed by atoms with Crippen LogP contribution in [0, 0.1) is 17.7 Å². The molecule has 5 N–H and O–H groups in total. The van der Waals surface area contributed by atoms with Crippen LogP contribution < -0.4 is 16.9 Å². The SMILES string of the molecule is NC(N)=NCC[C@H]1C(=O)N(Cc2ccc(F)cc2)C[C@H]1C(=O)NN1CN(CCCc2ccccc2)[C@@H](Cc2ccccc2)C1=O. The summed E-state index contributed by atoms with van der Waals surface area (Å²) in [7, 11) is 0. The number of hydrogen-bond acceptors (Lipinski definition) is 5. The molecule has 3 amide bonds. The van der Waals surface area contributed by atoms with Gasteiger partial charge in [-0.1, -0.05) is 72.8 Å². The number of carbonyl (C=O) groups is 3. The minimum atomic E-state index is -0.723. The van der Waals surface area contributed by atoms with Gasteiger partial charge in [0.05, 0.1) is 24.5 Å². The zero-order valence-electron chi connectivity index (χ0n) is 25.2. The second-order valence-corrected chi connectivity index (χ2v) is 11.6. The molecule has 2 heterocycles. The molecule has 3 atom stereocenters. The molecule has 0 radical (unpaired) electrons. The van der Waals surface area contributed by atoms with E-state index >= 15 is 0 Å².